The second-order valence-electron chi connectivity index (χ2n) is 12.3. The monoisotopic (exact) mass is 509 g/mol. The Bertz CT molecular complexity index is 1060. The second-order valence-corrected chi connectivity index (χ2v) is 13.3. The van der Waals surface area contributed by atoms with Crippen LogP contribution < -0.4 is 15.2 Å². The van der Waals surface area contributed by atoms with Crippen molar-refractivity contribution < 1.29 is 20.0 Å². The largest absolute Gasteiger partial charge is 0.426 e. The Kier molecular flexibility index (Phi) is 6.95. The van der Waals surface area contributed by atoms with Gasteiger partial charge in [0, 0.05) is 19.0 Å². The molecule has 6 heteroatoms. The number of thiazole rings is 1. The van der Waals surface area contributed by atoms with Crippen LogP contribution in [0.2, 0.25) is 0 Å². The van der Waals surface area contributed by atoms with E-state index in [0.29, 0.717) is 23.8 Å². The third kappa shape index (κ3) is 4.33. The van der Waals surface area contributed by atoms with Crippen LogP contribution in [0.1, 0.15) is 79.8 Å². The lowest BCUT2D eigenvalue weighted by Crippen LogP contribution is -3.01. The summed E-state index contributed by atoms with van der Waals surface area (Å²) in [6, 6.07) is 11.5. The number of hydrogen-bond acceptors (Lipinski definition) is 2. The highest BCUT2D eigenvalue weighted by Gasteiger charge is 2.58. The molecule has 2 aliphatic carbocycles. The summed E-state index contributed by atoms with van der Waals surface area (Å²) in [6.07, 6.45) is 12.4. The smallest absolute Gasteiger partial charge is 0.345 e. The fourth-order valence-electron chi connectivity index (χ4n) is 8.09. The third-order valence-corrected chi connectivity index (χ3v) is 11.5. The van der Waals surface area contributed by atoms with E-state index in [-0.39, 0.29) is 11.3 Å². The number of hydrogen-bond donors (Lipinski definition) is 2. The topological polar surface area (TPSA) is 55.5 Å². The van der Waals surface area contributed by atoms with Crippen molar-refractivity contribution in [3.05, 3.63) is 46.5 Å². The molecule has 3 fully saturated rings. The number of carbonyl (C=O) groups is 1. The lowest BCUT2D eigenvalue weighted by atomic mass is 9.68. The van der Waals surface area contributed by atoms with Gasteiger partial charge in [0.1, 0.15) is 5.92 Å². The van der Waals surface area contributed by atoms with E-state index in [4.69, 9.17) is 0 Å². The molecule has 0 unspecified atom stereocenters. The molecule has 1 spiro atoms. The van der Waals surface area contributed by atoms with E-state index in [0.717, 1.165) is 45.3 Å². The normalized spacial score (nSPS) is 31.2. The quantitative estimate of drug-likeness (QED) is 0.654. The maximum atomic E-state index is 14.6. The number of carbonyl (C=O) groups excluding carboxylic acids is 1. The number of nitrogens with one attached hydrogen (secondary N) is 2. The van der Waals surface area contributed by atoms with Crippen LogP contribution in [-0.4, -0.2) is 50.6 Å². The summed E-state index contributed by atoms with van der Waals surface area (Å²) in [5.41, 5.74) is 2.91. The minimum Gasteiger partial charge on any atom is -0.345 e. The molecule has 5 nitrogen and oxygen atoms in total. The van der Waals surface area contributed by atoms with E-state index in [1.54, 1.807) is 0 Å². The number of nitrogens with two attached hydrogens (primary N) is 1. The van der Waals surface area contributed by atoms with E-state index in [9.17, 15) is 4.79 Å². The number of quaternary nitrogens is 2. The number of benzene rings is 1. The number of aromatic amines is 1. The summed E-state index contributed by atoms with van der Waals surface area (Å²) >= 11 is 1.95. The molecule has 4 N–H and O–H groups in total. The molecule has 36 heavy (non-hydrogen) atoms. The second kappa shape index (κ2) is 10.2. The summed E-state index contributed by atoms with van der Waals surface area (Å²) in [7, 11) is 4.41. The van der Waals surface area contributed by atoms with Gasteiger partial charge in [0.05, 0.1) is 37.5 Å². The molecule has 2 aliphatic heterocycles. The molecule has 4 aliphatic rings. The standard InChI is InChI=1S/C30H42N4OS/c1-33(2)29-32-25-14-9-16-30(27(25)36-29)20-31-19-24(30)28(35)34-17-15-23(21-10-5-3-6-11-21)18-26(34)22-12-7-4-8-13-22/h3,5-6,10-11,22-24,26,31H,4,7-9,12-20H2,1-2H3/p+3/t23-,24+,26+,30-/m1/s1. The third-order valence-electron chi connectivity index (χ3n) is 9.97. The van der Waals surface area contributed by atoms with Crippen LogP contribution in [0.4, 0.5) is 5.13 Å². The number of rotatable bonds is 4. The lowest BCUT2D eigenvalue weighted by Gasteiger charge is -2.46. The highest BCUT2D eigenvalue weighted by Crippen LogP contribution is 2.47. The van der Waals surface area contributed by atoms with Gasteiger partial charge < -0.3 is 10.2 Å². The molecule has 0 bridgehead atoms. The Morgan fingerprint density at radius 2 is 1.92 bits per heavy atom. The Balaban J connectivity index is 1.30. The molecule has 2 aromatic rings. The molecule has 4 atom stereocenters. The van der Waals surface area contributed by atoms with Gasteiger partial charge in [0.25, 0.3) is 0 Å². The van der Waals surface area contributed by atoms with Gasteiger partial charge in [0.2, 0.25) is 5.91 Å². The average molecular weight is 510 g/mol. The van der Waals surface area contributed by atoms with Crippen molar-refractivity contribution in [2.45, 2.75) is 81.6 Å². The Morgan fingerprint density at radius 3 is 2.69 bits per heavy atom. The molecule has 2 saturated heterocycles. The predicted octanol–water partition coefficient (Wildman–Crippen LogP) is 2.46. The Morgan fingerprint density at radius 1 is 1.11 bits per heavy atom. The number of H-pyrrole nitrogens is 1. The van der Waals surface area contributed by atoms with Crippen LogP contribution in [0, 0.1) is 11.8 Å². The fourth-order valence-corrected chi connectivity index (χ4v) is 9.48. The molecular weight excluding hydrogens is 464 g/mol. The van der Waals surface area contributed by atoms with Gasteiger partial charge in [-0.25, -0.2) is 4.90 Å². The lowest BCUT2D eigenvalue weighted by molar-refractivity contribution is -0.823. The van der Waals surface area contributed by atoms with Gasteiger partial charge in [-0.2, -0.15) is 4.98 Å². The van der Waals surface area contributed by atoms with Crippen LogP contribution in [0.5, 0.6) is 0 Å². The zero-order chi connectivity index (χ0) is 24.7. The summed E-state index contributed by atoms with van der Waals surface area (Å²) in [4.78, 5) is 23.6. The Hall–Kier alpha value is -1.76. The molecule has 1 saturated carbocycles. The number of aromatic nitrogens is 1. The highest BCUT2D eigenvalue weighted by molar-refractivity contribution is 7.14. The molecular formula is C30H45N4OS+3. The van der Waals surface area contributed by atoms with Crippen LogP contribution >= 0.6 is 11.3 Å². The highest BCUT2D eigenvalue weighted by atomic mass is 32.1. The first kappa shape index (κ1) is 24.6. The number of piperidine rings is 1. The van der Waals surface area contributed by atoms with Crippen molar-refractivity contribution >= 4 is 22.4 Å². The van der Waals surface area contributed by atoms with Crippen LogP contribution in [-0.2, 0) is 16.6 Å². The molecule has 3 heterocycles. The number of fused-ring (bicyclic) bond motifs is 2. The Labute approximate surface area is 220 Å². The van der Waals surface area contributed by atoms with E-state index in [2.05, 4.69) is 59.6 Å². The molecule has 194 valence electrons. The number of amides is 1. The van der Waals surface area contributed by atoms with Crippen LogP contribution in [0.3, 0.4) is 0 Å². The SMILES string of the molecule is C[NH+](C)c1[nH+]c2c(s1)[C@]1(CCC2)C[NH2+]C[C@H]1C(=O)N1CC[C@@H](c2ccccc2)C[C@H]1C1CCCCC1. The van der Waals surface area contributed by atoms with E-state index in [1.165, 1.54) is 64.7 Å². The molecule has 0 radical (unpaired) electrons. The number of nitrogens with zero attached hydrogens (tertiary/aromatic N) is 1. The fraction of sp³-hybridized carbons (Fsp3) is 0.667. The molecule has 6 rings (SSSR count). The van der Waals surface area contributed by atoms with E-state index < -0.39 is 0 Å². The van der Waals surface area contributed by atoms with Gasteiger partial charge in [-0.1, -0.05) is 49.6 Å². The average Bonchev–Trinajstić information content (AvgIpc) is 3.55. The van der Waals surface area contributed by atoms with Gasteiger partial charge in [-0.3, -0.25) is 4.79 Å². The van der Waals surface area contributed by atoms with Crippen LogP contribution in [0.25, 0.3) is 0 Å². The van der Waals surface area contributed by atoms with Crippen molar-refractivity contribution in [3.63, 3.8) is 0 Å². The van der Waals surface area contributed by atoms with Crippen molar-refractivity contribution in [3.8, 4) is 0 Å². The first-order chi connectivity index (χ1) is 17.6. The van der Waals surface area contributed by atoms with Crippen molar-refractivity contribution in [1.82, 2.24) is 4.90 Å². The van der Waals surface area contributed by atoms with E-state index in [1.807, 2.05) is 11.3 Å². The van der Waals surface area contributed by atoms with Gasteiger partial charge in [0.15, 0.2) is 5.69 Å². The molecule has 1 aromatic heterocycles. The van der Waals surface area contributed by atoms with Crippen molar-refractivity contribution in [1.29, 1.82) is 0 Å². The minimum absolute atomic E-state index is 0.0208. The van der Waals surface area contributed by atoms with Crippen LogP contribution in [0.15, 0.2) is 30.3 Å². The summed E-state index contributed by atoms with van der Waals surface area (Å²) in [6.45, 7) is 2.96. The summed E-state index contributed by atoms with van der Waals surface area (Å²) in [5, 5.41) is 3.76. The number of aryl methyl sites for hydroxylation is 1. The summed E-state index contributed by atoms with van der Waals surface area (Å²) < 4.78 is 0. The summed E-state index contributed by atoms with van der Waals surface area (Å²) in [5.74, 6) is 1.86. The first-order valence-electron chi connectivity index (χ1n) is 14.6. The minimum atomic E-state index is 0.0208. The number of likely N-dealkylation sites (tertiary alicyclic amines) is 1. The van der Waals surface area contributed by atoms with Gasteiger partial charge in [-0.05, 0) is 67.3 Å². The predicted molar refractivity (Wildman–Crippen MR) is 144 cm³/mol. The van der Waals surface area contributed by atoms with Gasteiger partial charge in [-0.15, -0.1) is 0 Å². The maximum Gasteiger partial charge on any atom is 0.426 e. The first-order valence-corrected chi connectivity index (χ1v) is 15.4. The molecule has 1 aromatic carbocycles. The van der Waals surface area contributed by atoms with Crippen molar-refractivity contribution in [2.75, 3.05) is 33.7 Å². The maximum absolute atomic E-state index is 14.6. The zero-order valence-electron chi connectivity index (χ0n) is 22.2. The zero-order valence-corrected chi connectivity index (χ0v) is 23.0. The van der Waals surface area contributed by atoms with Crippen molar-refractivity contribution in [2.24, 2.45) is 11.8 Å². The van der Waals surface area contributed by atoms with Gasteiger partial charge >= 0.3 is 5.13 Å². The molecule has 1 amide bonds. The van der Waals surface area contributed by atoms with E-state index >= 15 is 0 Å².